The minimum Gasteiger partial charge on any atom is -0.372 e. The molecule has 1 aromatic rings. The number of hydrogen-bond acceptors (Lipinski definition) is 5. The number of rotatable bonds is 5. The summed E-state index contributed by atoms with van der Waals surface area (Å²) < 4.78 is 11.9. The third-order valence-electron chi connectivity index (χ3n) is 4.75. The summed E-state index contributed by atoms with van der Waals surface area (Å²) in [5.41, 5.74) is 1.32. The van der Waals surface area contributed by atoms with Crippen LogP contribution in [0.3, 0.4) is 0 Å². The maximum Gasteiger partial charge on any atom is 0.248 e. The normalized spacial score (nSPS) is 23.7. The third-order valence-corrected chi connectivity index (χ3v) is 5.76. The van der Waals surface area contributed by atoms with Crippen LogP contribution in [0.15, 0.2) is 11.4 Å². The first kappa shape index (κ1) is 16.9. The van der Waals surface area contributed by atoms with Gasteiger partial charge in [-0.25, -0.2) is 0 Å². The Balaban J connectivity index is 1.46. The van der Waals surface area contributed by atoms with E-state index < -0.39 is 0 Å². The van der Waals surface area contributed by atoms with Gasteiger partial charge in [0, 0.05) is 51.6 Å². The number of amides is 1. The summed E-state index contributed by atoms with van der Waals surface area (Å²) in [7, 11) is 3.51. The number of ether oxygens (including phenoxy) is 2. The van der Waals surface area contributed by atoms with Crippen LogP contribution in [-0.4, -0.2) is 67.8 Å². The van der Waals surface area contributed by atoms with Crippen molar-refractivity contribution in [3.8, 4) is 0 Å². The van der Waals surface area contributed by atoms with E-state index in [9.17, 15) is 4.79 Å². The summed E-state index contributed by atoms with van der Waals surface area (Å²) in [5.74, 6) is 0.0222. The van der Waals surface area contributed by atoms with Gasteiger partial charge in [0.1, 0.15) is 6.61 Å². The maximum absolute atomic E-state index is 11.7. The van der Waals surface area contributed by atoms with Crippen molar-refractivity contribution in [2.24, 2.45) is 0 Å². The summed E-state index contributed by atoms with van der Waals surface area (Å²) in [5, 5.41) is 2.16. The molecule has 0 radical (unpaired) electrons. The van der Waals surface area contributed by atoms with Gasteiger partial charge in [-0.3, -0.25) is 9.69 Å². The van der Waals surface area contributed by atoms with Crippen molar-refractivity contribution in [3.63, 3.8) is 0 Å². The van der Waals surface area contributed by atoms with Crippen LogP contribution in [0.2, 0.25) is 0 Å². The van der Waals surface area contributed by atoms with Crippen LogP contribution in [0.1, 0.15) is 23.3 Å². The van der Waals surface area contributed by atoms with Gasteiger partial charge in [0.25, 0.3) is 0 Å². The molecular formula is C17H26N2O3S. The van der Waals surface area contributed by atoms with Crippen LogP contribution >= 0.6 is 11.3 Å². The number of aryl methyl sites for hydroxylation is 1. The van der Waals surface area contributed by atoms with E-state index in [4.69, 9.17) is 9.47 Å². The molecule has 23 heavy (non-hydrogen) atoms. The number of carbonyl (C=O) groups is 1. The lowest BCUT2D eigenvalue weighted by atomic mass is 9.84. The van der Waals surface area contributed by atoms with E-state index in [0.29, 0.717) is 0 Å². The second-order valence-corrected chi connectivity index (χ2v) is 7.92. The molecule has 6 heteroatoms. The van der Waals surface area contributed by atoms with Gasteiger partial charge < -0.3 is 14.4 Å². The van der Waals surface area contributed by atoms with Gasteiger partial charge in [-0.15, -0.1) is 11.3 Å². The van der Waals surface area contributed by atoms with E-state index in [1.807, 2.05) is 11.3 Å². The monoisotopic (exact) mass is 338 g/mol. The van der Waals surface area contributed by atoms with Crippen molar-refractivity contribution in [1.29, 1.82) is 0 Å². The van der Waals surface area contributed by atoms with Gasteiger partial charge in [0.05, 0.1) is 11.7 Å². The van der Waals surface area contributed by atoms with E-state index in [1.54, 1.807) is 19.0 Å². The Bertz CT molecular complexity index is 552. The van der Waals surface area contributed by atoms with Crippen molar-refractivity contribution in [1.82, 2.24) is 9.80 Å². The standard InChI is InChI=1S/C17H26N2O3S/c1-13-5-7-23-15(13)9-19-11-17(12-19)8-14(4-6-22-17)21-10-16(20)18(2)3/h5,7,14H,4,6,8-12H2,1-3H3/t14-/m0/s1. The molecule has 1 spiro atoms. The highest BCUT2D eigenvalue weighted by atomic mass is 32.1. The van der Waals surface area contributed by atoms with Gasteiger partial charge in [-0.2, -0.15) is 0 Å². The van der Waals surface area contributed by atoms with Crippen molar-refractivity contribution >= 4 is 17.2 Å². The summed E-state index contributed by atoms with van der Waals surface area (Å²) in [6.45, 7) is 6.01. The van der Waals surface area contributed by atoms with Crippen molar-refractivity contribution in [2.75, 3.05) is 40.4 Å². The molecule has 3 heterocycles. The summed E-state index contributed by atoms with van der Waals surface area (Å²) in [6.07, 6.45) is 1.92. The average molecular weight is 338 g/mol. The lowest BCUT2D eigenvalue weighted by molar-refractivity contribution is -0.199. The minimum absolute atomic E-state index is 0.0222. The van der Waals surface area contributed by atoms with Crippen molar-refractivity contribution < 1.29 is 14.3 Å². The Morgan fingerprint density at radius 2 is 2.30 bits per heavy atom. The zero-order chi connectivity index (χ0) is 16.4. The van der Waals surface area contributed by atoms with Crippen molar-refractivity contribution in [2.45, 2.75) is 38.0 Å². The number of likely N-dealkylation sites (N-methyl/N-ethyl adjacent to an activating group) is 1. The fourth-order valence-corrected chi connectivity index (χ4v) is 4.26. The summed E-state index contributed by atoms with van der Waals surface area (Å²) >= 11 is 1.83. The zero-order valence-electron chi connectivity index (χ0n) is 14.2. The fraction of sp³-hybridized carbons (Fsp3) is 0.706. The number of hydrogen-bond donors (Lipinski definition) is 0. The molecule has 0 unspecified atom stereocenters. The zero-order valence-corrected chi connectivity index (χ0v) is 15.0. The molecule has 0 saturated carbocycles. The van der Waals surface area contributed by atoms with Crippen LogP contribution in [0, 0.1) is 6.92 Å². The first-order valence-electron chi connectivity index (χ1n) is 8.18. The molecule has 2 saturated heterocycles. The SMILES string of the molecule is Cc1ccsc1CN1CC2(C[C@@H](OCC(=O)N(C)C)CCO2)C1. The van der Waals surface area contributed by atoms with Crippen LogP contribution in [0.25, 0.3) is 0 Å². The smallest absolute Gasteiger partial charge is 0.248 e. The molecule has 0 aromatic carbocycles. The Hall–Kier alpha value is -0.950. The van der Waals surface area contributed by atoms with Crippen LogP contribution in [0.4, 0.5) is 0 Å². The molecule has 0 N–H and O–H groups in total. The molecule has 3 rings (SSSR count). The number of nitrogens with zero attached hydrogens (tertiary/aromatic N) is 2. The number of thiophene rings is 1. The molecule has 5 nitrogen and oxygen atoms in total. The predicted molar refractivity (Wildman–Crippen MR) is 90.7 cm³/mol. The molecule has 2 aliphatic rings. The topological polar surface area (TPSA) is 42.0 Å². The molecule has 1 atom stereocenters. The van der Waals surface area contributed by atoms with Crippen LogP contribution < -0.4 is 0 Å². The van der Waals surface area contributed by atoms with Crippen LogP contribution in [-0.2, 0) is 20.8 Å². The van der Waals surface area contributed by atoms with E-state index in [-0.39, 0.29) is 24.2 Å². The third kappa shape index (κ3) is 3.94. The first-order valence-corrected chi connectivity index (χ1v) is 9.06. The van der Waals surface area contributed by atoms with Gasteiger partial charge >= 0.3 is 0 Å². The molecule has 2 aliphatic heterocycles. The Morgan fingerprint density at radius 3 is 2.96 bits per heavy atom. The summed E-state index contributed by atoms with van der Waals surface area (Å²) in [6, 6.07) is 2.18. The second kappa shape index (κ2) is 6.89. The predicted octanol–water partition coefficient (Wildman–Crippen LogP) is 1.89. The Kier molecular flexibility index (Phi) is 5.06. The lowest BCUT2D eigenvalue weighted by Crippen LogP contribution is -2.65. The Morgan fingerprint density at radius 1 is 1.52 bits per heavy atom. The van der Waals surface area contributed by atoms with Gasteiger partial charge in [0.15, 0.2) is 0 Å². The van der Waals surface area contributed by atoms with E-state index in [1.165, 1.54) is 10.4 Å². The highest BCUT2D eigenvalue weighted by Crippen LogP contribution is 2.36. The second-order valence-electron chi connectivity index (χ2n) is 6.92. The average Bonchev–Trinajstić information content (AvgIpc) is 2.89. The van der Waals surface area contributed by atoms with Gasteiger partial charge in [0.2, 0.25) is 5.91 Å². The number of likely N-dealkylation sites (tertiary alicyclic amines) is 1. The fourth-order valence-electron chi connectivity index (χ4n) is 3.31. The lowest BCUT2D eigenvalue weighted by Gasteiger charge is -2.53. The molecular weight excluding hydrogens is 312 g/mol. The molecule has 1 aromatic heterocycles. The quantitative estimate of drug-likeness (QED) is 0.822. The molecule has 128 valence electrons. The molecule has 2 fully saturated rings. The molecule has 0 bridgehead atoms. The maximum atomic E-state index is 11.7. The van der Waals surface area contributed by atoms with E-state index >= 15 is 0 Å². The van der Waals surface area contributed by atoms with E-state index in [0.717, 1.165) is 39.1 Å². The van der Waals surface area contributed by atoms with Gasteiger partial charge in [-0.05, 0) is 30.4 Å². The van der Waals surface area contributed by atoms with E-state index in [2.05, 4.69) is 23.3 Å². The largest absolute Gasteiger partial charge is 0.372 e. The number of carbonyl (C=O) groups excluding carboxylic acids is 1. The highest BCUT2D eigenvalue weighted by molar-refractivity contribution is 7.10. The first-order chi connectivity index (χ1) is 11.0. The highest BCUT2D eigenvalue weighted by Gasteiger charge is 2.47. The van der Waals surface area contributed by atoms with Crippen molar-refractivity contribution in [3.05, 3.63) is 21.9 Å². The van der Waals surface area contributed by atoms with Gasteiger partial charge in [-0.1, -0.05) is 0 Å². The minimum atomic E-state index is -0.0603. The van der Waals surface area contributed by atoms with Crippen LogP contribution in [0.5, 0.6) is 0 Å². The summed E-state index contributed by atoms with van der Waals surface area (Å²) in [4.78, 5) is 17.1. The molecule has 0 aliphatic carbocycles. The Labute approximate surface area is 142 Å². The molecule has 1 amide bonds.